The van der Waals surface area contributed by atoms with Crippen LogP contribution in [-0.2, 0) is 16.0 Å². The third-order valence-electron chi connectivity index (χ3n) is 3.50. The quantitative estimate of drug-likeness (QED) is 0.859. The van der Waals surface area contributed by atoms with Gasteiger partial charge in [-0.25, -0.2) is 0 Å². The molecule has 2 atom stereocenters. The Morgan fingerprint density at radius 1 is 1.32 bits per heavy atom. The van der Waals surface area contributed by atoms with Crippen LogP contribution in [0.5, 0.6) is 0 Å². The highest BCUT2D eigenvalue weighted by atomic mass is 16.4. The van der Waals surface area contributed by atoms with Crippen LogP contribution in [0.3, 0.4) is 0 Å². The third-order valence-corrected chi connectivity index (χ3v) is 3.50. The summed E-state index contributed by atoms with van der Waals surface area (Å²) in [5.74, 6) is -1.13. The number of pyridine rings is 1. The van der Waals surface area contributed by atoms with Crippen LogP contribution in [0.4, 0.5) is 0 Å². The molecular weight excluding hydrogens is 244 g/mol. The predicted octanol–water partition coefficient (Wildman–Crippen LogP) is 1.38. The van der Waals surface area contributed by atoms with Crippen molar-refractivity contribution in [1.82, 2.24) is 10.3 Å². The van der Waals surface area contributed by atoms with Crippen molar-refractivity contribution in [2.24, 2.45) is 5.92 Å². The molecule has 1 aliphatic rings. The first kappa shape index (κ1) is 13.5. The molecule has 2 rings (SSSR count). The highest BCUT2D eigenvalue weighted by Crippen LogP contribution is 2.24. The number of hydrogen-bond acceptors (Lipinski definition) is 3. The molecule has 0 bridgehead atoms. The van der Waals surface area contributed by atoms with Gasteiger partial charge in [0.05, 0.1) is 12.3 Å². The van der Waals surface area contributed by atoms with Crippen LogP contribution in [0, 0.1) is 5.92 Å². The second kappa shape index (κ2) is 6.31. The second-order valence-corrected chi connectivity index (χ2v) is 5.00. The molecule has 0 aliphatic heterocycles. The van der Waals surface area contributed by atoms with Crippen molar-refractivity contribution in [2.45, 2.75) is 38.1 Å². The Balaban J connectivity index is 1.83. The van der Waals surface area contributed by atoms with Gasteiger partial charge in [-0.1, -0.05) is 6.42 Å². The lowest BCUT2D eigenvalue weighted by Gasteiger charge is -2.27. The zero-order valence-corrected chi connectivity index (χ0v) is 10.7. The number of nitrogens with zero attached hydrogens (tertiary/aromatic N) is 1. The molecule has 19 heavy (non-hydrogen) atoms. The molecule has 2 unspecified atom stereocenters. The molecule has 1 aromatic rings. The Morgan fingerprint density at radius 2 is 2.05 bits per heavy atom. The number of carboxylic acids is 1. The molecule has 0 saturated heterocycles. The SMILES string of the molecule is O=C(Cc1ccncc1)NC1CCCC(C(=O)O)C1. The van der Waals surface area contributed by atoms with Crippen LogP contribution in [0.2, 0.25) is 0 Å². The van der Waals surface area contributed by atoms with Crippen LogP contribution in [0.1, 0.15) is 31.2 Å². The van der Waals surface area contributed by atoms with E-state index in [2.05, 4.69) is 10.3 Å². The molecule has 0 aromatic carbocycles. The average molecular weight is 262 g/mol. The summed E-state index contributed by atoms with van der Waals surface area (Å²) in [4.78, 5) is 26.7. The molecule has 5 heteroatoms. The maximum absolute atomic E-state index is 11.9. The highest BCUT2D eigenvalue weighted by Gasteiger charge is 2.27. The van der Waals surface area contributed by atoms with Crippen LogP contribution in [-0.4, -0.2) is 28.0 Å². The standard InChI is InChI=1S/C14H18N2O3/c17-13(8-10-4-6-15-7-5-10)16-12-3-1-2-11(9-12)14(18)19/h4-7,11-12H,1-3,8-9H2,(H,16,17)(H,18,19). The first-order chi connectivity index (χ1) is 9.15. The number of carbonyl (C=O) groups is 2. The van der Waals surface area contributed by atoms with Crippen LogP contribution >= 0.6 is 0 Å². The van der Waals surface area contributed by atoms with Crippen LogP contribution in [0.15, 0.2) is 24.5 Å². The summed E-state index contributed by atoms with van der Waals surface area (Å²) < 4.78 is 0. The number of aromatic nitrogens is 1. The maximum Gasteiger partial charge on any atom is 0.306 e. The summed E-state index contributed by atoms with van der Waals surface area (Å²) in [6.45, 7) is 0. The molecule has 5 nitrogen and oxygen atoms in total. The normalized spacial score (nSPS) is 22.7. The van der Waals surface area contributed by atoms with E-state index in [1.54, 1.807) is 24.5 Å². The minimum Gasteiger partial charge on any atom is -0.481 e. The van der Waals surface area contributed by atoms with E-state index in [0.717, 1.165) is 18.4 Å². The van der Waals surface area contributed by atoms with E-state index < -0.39 is 5.97 Å². The van der Waals surface area contributed by atoms with Crippen molar-refractivity contribution in [1.29, 1.82) is 0 Å². The van der Waals surface area contributed by atoms with Gasteiger partial charge in [0.1, 0.15) is 0 Å². The molecule has 1 fully saturated rings. The number of carboxylic acid groups (broad SMARTS) is 1. The lowest BCUT2D eigenvalue weighted by molar-refractivity contribution is -0.143. The summed E-state index contributed by atoms with van der Waals surface area (Å²) in [5.41, 5.74) is 0.915. The molecule has 1 amide bonds. The van der Waals surface area contributed by atoms with E-state index >= 15 is 0 Å². The smallest absolute Gasteiger partial charge is 0.306 e. The van der Waals surface area contributed by atoms with Gasteiger partial charge in [-0.15, -0.1) is 0 Å². The Bertz CT molecular complexity index is 447. The minimum atomic E-state index is -0.756. The van der Waals surface area contributed by atoms with E-state index in [4.69, 9.17) is 5.11 Å². The molecular formula is C14H18N2O3. The Hall–Kier alpha value is -1.91. The van der Waals surface area contributed by atoms with Gasteiger partial charge in [-0.2, -0.15) is 0 Å². The second-order valence-electron chi connectivity index (χ2n) is 5.00. The van der Waals surface area contributed by atoms with Gasteiger partial charge in [0.15, 0.2) is 0 Å². The molecule has 1 saturated carbocycles. The van der Waals surface area contributed by atoms with E-state index in [1.807, 2.05) is 0 Å². The van der Waals surface area contributed by atoms with Gasteiger partial charge in [0, 0.05) is 18.4 Å². The van der Waals surface area contributed by atoms with Crippen molar-refractivity contribution in [3.63, 3.8) is 0 Å². The van der Waals surface area contributed by atoms with Crippen LogP contribution < -0.4 is 5.32 Å². The molecule has 1 aliphatic carbocycles. The van der Waals surface area contributed by atoms with Gasteiger partial charge >= 0.3 is 5.97 Å². The number of hydrogen-bond donors (Lipinski definition) is 2. The van der Waals surface area contributed by atoms with E-state index in [0.29, 0.717) is 19.3 Å². The Labute approximate surface area is 112 Å². The van der Waals surface area contributed by atoms with E-state index in [-0.39, 0.29) is 17.9 Å². The highest BCUT2D eigenvalue weighted by molar-refractivity contribution is 5.79. The predicted molar refractivity (Wildman–Crippen MR) is 69.5 cm³/mol. The lowest BCUT2D eigenvalue weighted by Crippen LogP contribution is -2.40. The summed E-state index contributed by atoms with van der Waals surface area (Å²) in [7, 11) is 0. The summed E-state index contributed by atoms with van der Waals surface area (Å²) in [6, 6.07) is 3.60. The fourth-order valence-electron chi connectivity index (χ4n) is 2.51. The monoisotopic (exact) mass is 262 g/mol. The maximum atomic E-state index is 11.9. The topological polar surface area (TPSA) is 79.3 Å². The summed E-state index contributed by atoms with van der Waals surface area (Å²) in [5, 5.41) is 11.9. The van der Waals surface area contributed by atoms with Gasteiger partial charge in [-0.3, -0.25) is 14.6 Å². The fourth-order valence-corrected chi connectivity index (χ4v) is 2.51. The summed E-state index contributed by atoms with van der Waals surface area (Å²) >= 11 is 0. The minimum absolute atomic E-state index is 0.0100. The molecule has 1 heterocycles. The molecule has 2 N–H and O–H groups in total. The fraction of sp³-hybridized carbons (Fsp3) is 0.500. The van der Waals surface area contributed by atoms with Gasteiger partial charge < -0.3 is 10.4 Å². The largest absolute Gasteiger partial charge is 0.481 e. The molecule has 102 valence electrons. The van der Waals surface area contributed by atoms with Crippen molar-refractivity contribution < 1.29 is 14.7 Å². The zero-order chi connectivity index (χ0) is 13.7. The van der Waals surface area contributed by atoms with Crippen LogP contribution in [0.25, 0.3) is 0 Å². The van der Waals surface area contributed by atoms with E-state index in [1.165, 1.54) is 0 Å². The number of carbonyl (C=O) groups excluding carboxylic acids is 1. The van der Waals surface area contributed by atoms with Crippen molar-refractivity contribution in [3.05, 3.63) is 30.1 Å². The Morgan fingerprint density at radius 3 is 2.74 bits per heavy atom. The van der Waals surface area contributed by atoms with Gasteiger partial charge in [-0.05, 0) is 37.0 Å². The average Bonchev–Trinajstić information content (AvgIpc) is 2.40. The first-order valence-corrected chi connectivity index (χ1v) is 6.56. The zero-order valence-electron chi connectivity index (χ0n) is 10.7. The van der Waals surface area contributed by atoms with E-state index in [9.17, 15) is 9.59 Å². The number of amides is 1. The number of nitrogens with one attached hydrogen (secondary N) is 1. The third kappa shape index (κ3) is 4.05. The molecule has 1 aromatic heterocycles. The first-order valence-electron chi connectivity index (χ1n) is 6.56. The van der Waals surface area contributed by atoms with Crippen molar-refractivity contribution in [3.8, 4) is 0 Å². The summed E-state index contributed by atoms with van der Waals surface area (Å²) in [6.07, 6.45) is 6.61. The molecule has 0 spiro atoms. The number of aliphatic carboxylic acids is 1. The number of rotatable bonds is 4. The van der Waals surface area contributed by atoms with Crippen molar-refractivity contribution in [2.75, 3.05) is 0 Å². The van der Waals surface area contributed by atoms with Gasteiger partial charge in [0.2, 0.25) is 5.91 Å². The van der Waals surface area contributed by atoms with Crippen molar-refractivity contribution >= 4 is 11.9 Å². The van der Waals surface area contributed by atoms with Gasteiger partial charge in [0.25, 0.3) is 0 Å². The molecule has 0 radical (unpaired) electrons. The lowest BCUT2D eigenvalue weighted by atomic mass is 9.85. The Kier molecular flexibility index (Phi) is 4.49.